The number of carbonyl (C=O) groups excluding carboxylic acids is 2. The van der Waals surface area contributed by atoms with Crippen LogP contribution < -0.4 is 9.62 Å². The van der Waals surface area contributed by atoms with E-state index in [1.807, 2.05) is 45.0 Å². The number of rotatable bonds is 11. The Balaban J connectivity index is 1.73. The number of benzene rings is 3. The highest BCUT2D eigenvalue weighted by Crippen LogP contribution is 2.28. The molecule has 1 unspecified atom stereocenters. The SMILES string of the molecule is CCC(C(=O)NC1CCCC1)N(Cc1ccccc1Cl)C(=O)CN(c1ccccc1C)S(=O)(=O)c1ccc(C)cc1. The summed E-state index contributed by atoms with van der Waals surface area (Å²) in [5, 5.41) is 3.60. The van der Waals surface area contributed by atoms with Crippen LogP contribution in [0.25, 0.3) is 0 Å². The minimum atomic E-state index is -4.12. The molecule has 0 heterocycles. The molecule has 3 aromatic carbocycles. The summed E-state index contributed by atoms with van der Waals surface area (Å²) in [6.07, 6.45) is 4.31. The molecule has 0 aromatic heterocycles. The number of nitrogens with zero attached hydrogens (tertiary/aromatic N) is 2. The van der Waals surface area contributed by atoms with E-state index in [4.69, 9.17) is 11.6 Å². The summed E-state index contributed by atoms with van der Waals surface area (Å²) < 4.78 is 29.2. The van der Waals surface area contributed by atoms with Gasteiger partial charge in [0.15, 0.2) is 0 Å². The molecule has 41 heavy (non-hydrogen) atoms. The zero-order valence-corrected chi connectivity index (χ0v) is 25.4. The molecule has 0 radical (unpaired) electrons. The number of amides is 2. The van der Waals surface area contributed by atoms with Crippen LogP contribution in [0.4, 0.5) is 5.69 Å². The zero-order valence-electron chi connectivity index (χ0n) is 23.8. The van der Waals surface area contributed by atoms with Crippen molar-refractivity contribution in [2.45, 2.75) is 76.4 Å². The first kappa shape index (κ1) is 30.6. The molecule has 1 fully saturated rings. The maximum atomic E-state index is 14.2. The van der Waals surface area contributed by atoms with Crippen LogP contribution in [0.15, 0.2) is 77.7 Å². The lowest BCUT2D eigenvalue weighted by Crippen LogP contribution is -2.53. The number of aryl methyl sites for hydroxylation is 2. The van der Waals surface area contributed by atoms with Crippen molar-refractivity contribution in [3.63, 3.8) is 0 Å². The summed E-state index contributed by atoms with van der Waals surface area (Å²) in [7, 11) is -4.12. The van der Waals surface area contributed by atoms with Crippen LogP contribution >= 0.6 is 11.6 Å². The predicted octanol–water partition coefficient (Wildman–Crippen LogP) is 6.02. The lowest BCUT2D eigenvalue weighted by Gasteiger charge is -2.34. The van der Waals surface area contributed by atoms with Gasteiger partial charge in [-0.25, -0.2) is 8.42 Å². The fourth-order valence-electron chi connectivity index (χ4n) is 5.29. The van der Waals surface area contributed by atoms with Crippen LogP contribution in [0.5, 0.6) is 0 Å². The molecule has 9 heteroatoms. The van der Waals surface area contributed by atoms with E-state index in [1.165, 1.54) is 4.90 Å². The van der Waals surface area contributed by atoms with Crippen molar-refractivity contribution < 1.29 is 18.0 Å². The van der Waals surface area contributed by atoms with Crippen LogP contribution in [0.3, 0.4) is 0 Å². The second-order valence-corrected chi connectivity index (χ2v) is 12.9. The van der Waals surface area contributed by atoms with Crippen LogP contribution in [-0.2, 0) is 26.2 Å². The first-order chi connectivity index (χ1) is 19.6. The van der Waals surface area contributed by atoms with Gasteiger partial charge in [0.1, 0.15) is 12.6 Å². The normalized spacial score (nSPS) is 14.4. The first-order valence-electron chi connectivity index (χ1n) is 14.1. The number of carbonyl (C=O) groups is 2. The third-order valence-corrected chi connectivity index (χ3v) is 9.80. The van der Waals surface area contributed by atoms with Gasteiger partial charge in [0, 0.05) is 17.6 Å². The Hall–Kier alpha value is -3.36. The van der Waals surface area contributed by atoms with E-state index in [-0.39, 0.29) is 23.4 Å². The second kappa shape index (κ2) is 13.5. The van der Waals surface area contributed by atoms with Crippen molar-refractivity contribution in [2.75, 3.05) is 10.8 Å². The average Bonchev–Trinajstić information content (AvgIpc) is 3.46. The van der Waals surface area contributed by atoms with Gasteiger partial charge in [-0.1, -0.05) is 85.5 Å². The standard InChI is InChI=1S/C32H38ClN3O4S/c1-4-29(32(38)34-26-13-7-8-14-26)35(21-25-12-6-9-15-28(25)33)31(37)22-36(30-16-10-5-11-24(30)3)41(39,40)27-19-17-23(2)18-20-27/h5-6,9-12,15-20,26,29H,4,7-8,13-14,21-22H2,1-3H3,(H,34,38). The van der Waals surface area contributed by atoms with Gasteiger partial charge in [0.25, 0.3) is 10.0 Å². The van der Waals surface area contributed by atoms with Crippen molar-refractivity contribution in [1.29, 1.82) is 0 Å². The Labute approximate surface area is 248 Å². The topological polar surface area (TPSA) is 86.8 Å². The van der Waals surface area contributed by atoms with E-state index >= 15 is 0 Å². The molecule has 0 aliphatic heterocycles. The van der Waals surface area contributed by atoms with Gasteiger partial charge in [-0.15, -0.1) is 0 Å². The molecule has 0 saturated heterocycles. The Morgan fingerprint density at radius 2 is 1.59 bits per heavy atom. The van der Waals surface area contributed by atoms with E-state index < -0.39 is 28.5 Å². The third-order valence-electron chi connectivity index (χ3n) is 7.66. The van der Waals surface area contributed by atoms with Crippen molar-refractivity contribution >= 4 is 39.1 Å². The highest BCUT2D eigenvalue weighted by atomic mass is 35.5. The fourth-order valence-corrected chi connectivity index (χ4v) is 6.97. The van der Waals surface area contributed by atoms with E-state index in [1.54, 1.807) is 48.5 Å². The van der Waals surface area contributed by atoms with E-state index in [0.29, 0.717) is 28.3 Å². The molecule has 1 aliphatic carbocycles. The number of halogens is 1. The lowest BCUT2D eigenvalue weighted by atomic mass is 10.1. The number of hydrogen-bond donors (Lipinski definition) is 1. The third kappa shape index (κ3) is 7.29. The van der Waals surface area contributed by atoms with Crippen molar-refractivity contribution in [3.05, 3.63) is 94.5 Å². The van der Waals surface area contributed by atoms with Gasteiger partial charge in [-0.3, -0.25) is 13.9 Å². The smallest absolute Gasteiger partial charge is 0.264 e. The maximum Gasteiger partial charge on any atom is 0.264 e. The summed E-state index contributed by atoms with van der Waals surface area (Å²) >= 11 is 6.48. The highest BCUT2D eigenvalue weighted by Gasteiger charge is 2.35. The van der Waals surface area contributed by atoms with Crippen molar-refractivity contribution in [2.24, 2.45) is 0 Å². The maximum absolute atomic E-state index is 14.2. The molecule has 2 amide bonds. The molecule has 1 aliphatic rings. The molecule has 7 nitrogen and oxygen atoms in total. The molecule has 0 bridgehead atoms. The predicted molar refractivity (Wildman–Crippen MR) is 163 cm³/mol. The van der Waals surface area contributed by atoms with Gasteiger partial charge in [0.05, 0.1) is 10.6 Å². The Morgan fingerprint density at radius 3 is 2.22 bits per heavy atom. The second-order valence-electron chi connectivity index (χ2n) is 10.6. The molecule has 0 spiro atoms. The Morgan fingerprint density at radius 1 is 0.951 bits per heavy atom. The molecule has 4 rings (SSSR count). The monoisotopic (exact) mass is 595 g/mol. The van der Waals surface area contributed by atoms with Gasteiger partial charge >= 0.3 is 0 Å². The quantitative estimate of drug-likeness (QED) is 0.294. The number of anilines is 1. The molecular weight excluding hydrogens is 558 g/mol. The minimum Gasteiger partial charge on any atom is -0.352 e. The number of para-hydroxylation sites is 1. The summed E-state index contributed by atoms with van der Waals surface area (Å²) in [6, 6.07) is 20.1. The summed E-state index contributed by atoms with van der Waals surface area (Å²) in [5.41, 5.74) is 2.72. The Kier molecular flexibility index (Phi) is 10.1. The molecular formula is C32H38ClN3O4S. The first-order valence-corrected chi connectivity index (χ1v) is 15.9. The molecule has 3 aromatic rings. The van der Waals surface area contributed by atoms with Gasteiger partial charge < -0.3 is 10.2 Å². The summed E-state index contributed by atoms with van der Waals surface area (Å²) in [6.45, 7) is 5.14. The molecule has 1 atom stereocenters. The van der Waals surface area contributed by atoms with Crippen LogP contribution in [0.1, 0.15) is 55.7 Å². The average molecular weight is 596 g/mol. The highest BCUT2D eigenvalue weighted by molar-refractivity contribution is 7.92. The molecule has 1 saturated carbocycles. The number of sulfonamides is 1. The van der Waals surface area contributed by atoms with Crippen LogP contribution in [0, 0.1) is 13.8 Å². The van der Waals surface area contributed by atoms with E-state index in [9.17, 15) is 18.0 Å². The minimum absolute atomic E-state index is 0.0707. The van der Waals surface area contributed by atoms with Gasteiger partial charge in [-0.2, -0.15) is 0 Å². The Bertz CT molecular complexity index is 1470. The number of nitrogens with one attached hydrogen (secondary N) is 1. The van der Waals surface area contributed by atoms with Crippen molar-refractivity contribution in [1.82, 2.24) is 10.2 Å². The van der Waals surface area contributed by atoms with Crippen LogP contribution in [0.2, 0.25) is 5.02 Å². The fraction of sp³-hybridized carbons (Fsp3) is 0.375. The van der Waals surface area contributed by atoms with E-state index in [2.05, 4.69) is 5.32 Å². The van der Waals surface area contributed by atoms with Gasteiger partial charge in [0.2, 0.25) is 11.8 Å². The number of hydrogen-bond acceptors (Lipinski definition) is 4. The summed E-state index contributed by atoms with van der Waals surface area (Å²) in [4.78, 5) is 29.3. The lowest BCUT2D eigenvalue weighted by molar-refractivity contribution is -0.140. The summed E-state index contributed by atoms with van der Waals surface area (Å²) in [5.74, 6) is -0.721. The van der Waals surface area contributed by atoms with Gasteiger partial charge in [-0.05, 0) is 68.5 Å². The molecule has 218 valence electrons. The zero-order chi connectivity index (χ0) is 29.6. The van der Waals surface area contributed by atoms with Crippen LogP contribution in [-0.4, -0.2) is 43.8 Å². The molecule has 1 N–H and O–H groups in total. The largest absolute Gasteiger partial charge is 0.352 e. The van der Waals surface area contributed by atoms with E-state index in [0.717, 1.165) is 35.6 Å². The van der Waals surface area contributed by atoms with Crippen molar-refractivity contribution in [3.8, 4) is 0 Å².